The zero-order valence-corrected chi connectivity index (χ0v) is 9.54. The van der Waals surface area contributed by atoms with Crippen LogP contribution >= 0.6 is 11.8 Å². The monoisotopic (exact) mass is 233 g/mol. The van der Waals surface area contributed by atoms with Gasteiger partial charge < -0.3 is 11.1 Å². The fourth-order valence-electron chi connectivity index (χ4n) is 1.06. The van der Waals surface area contributed by atoms with Crippen LogP contribution in [0.25, 0.3) is 0 Å². The number of nitriles is 1. The van der Waals surface area contributed by atoms with Crippen LogP contribution < -0.4 is 11.1 Å². The first-order chi connectivity index (χ1) is 7.65. The number of carbonyl (C=O) groups is 1. The van der Waals surface area contributed by atoms with Gasteiger partial charge in [0.15, 0.2) is 0 Å². The molecule has 0 unspecified atom stereocenters. The van der Waals surface area contributed by atoms with E-state index in [0.29, 0.717) is 11.4 Å². The Bertz CT molecular complexity index is 444. The normalized spacial score (nSPS) is 11.2. The summed E-state index contributed by atoms with van der Waals surface area (Å²) in [5, 5.41) is 13.0. The molecule has 82 valence electrons. The minimum Gasteiger partial charge on any atom is -0.401 e. The Kier molecular flexibility index (Phi) is 4.42. The first-order valence-electron chi connectivity index (χ1n) is 4.54. The molecule has 0 spiro atoms. The number of nitrogens with one attached hydrogen (secondary N) is 1. The molecule has 0 aliphatic rings. The summed E-state index contributed by atoms with van der Waals surface area (Å²) in [6, 6.07) is 9.00. The molecule has 0 atom stereocenters. The predicted octanol–water partition coefficient (Wildman–Crippen LogP) is 2.03. The highest BCUT2D eigenvalue weighted by Crippen LogP contribution is 2.18. The van der Waals surface area contributed by atoms with E-state index in [0.717, 1.165) is 11.8 Å². The van der Waals surface area contributed by atoms with Gasteiger partial charge in [-0.05, 0) is 30.8 Å². The van der Waals surface area contributed by atoms with E-state index in [1.165, 1.54) is 0 Å². The maximum absolute atomic E-state index is 11.7. The Morgan fingerprint density at radius 1 is 1.44 bits per heavy atom. The molecule has 0 bridgehead atoms. The molecule has 1 aromatic carbocycles. The lowest BCUT2D eigenvalue weighted by molar-refractivity contribution is -0.112. The summed E-state index contributed by atoms with van der Waals surface area (Å²) in [6.07, 6.45) is 0. The van der Waals surface area contributed by atoms with E-state index in [4.69, 9.17) is 11.0 Å². The summed E-state index contributed by atoms with van der Waals surface area (Å²) in [5.74, 6) is -0.363. The maximum Gasteiger partial charge on any atom is 0.264 e. The fourth-order valence-corrected chi connectivity index (χ4v) is 1.46. The van der Waals surface area contributed by atoms with Crippen LogP contribution in [0.1, 0.15) is 6.92 Å². The Morgan fingerprint density at radius 3 is 2.56 bits per heavy atom. The van der Waals surface area contributed by atoms with E-state index < -0.39 is 0 Å². The van der Waals surface area contributed by atoms with E-state index >= 15 is 0 Å². The molecular weight excluding hydrogens is 222 g/mol. The van der Waals surface area contributed by atoms with E-state index in [2.05, 4.69) is 5.32 Å². The van der Waals surface area contributed by atoms with E-state index in [9.17, 15) is 4.79 Å². The van der Waals surface area contributed by atoms with Gasteiger partial charge in [0.05, 0.1) is 0 Å². The Labute approximate surface area is 98.1 Å². The van der Waals surface area contributed by atoms with Gasteiger partial charge in [0.1, 0.15) is 10.3 Å². The van der Waals surface area contributed by atoms with E-state index in [1.807, 2.05) is 23.6 Å². The minimum absolute atomic E-state index is 0.228. The highest BCUT2D eigenvalue weighted by atomic mass is 32.2. The van der Waals surface area contributed by atoms with Crippen LogP contribution in [0.15, 0.2) is 40.9 Å². The van der Waals surface area contributed by atoms with Gasteiger partial charge in [0.25, 0.3) is 5.91 Å². The smallest absolute Gasteiger partial charge is 0.264 e. The minimum atomic E-state index is -0.363. The third kappa shape index (κ3) is 3.33. The second kappa shape index (κ2) is 5.83. The average Bonchev–Trinajstić information content (AvgIpc) is 2.26. The number of allylic oxidation sites excluding steroid dienone is 1. The van der Waals surface area contributed by atoms with Crippen molar-refractivity contribution in [1.82, 2.24) is 0 Å². The molecule has 1 rings (SSSR count). The van der Waals surface area contributed by atoms with E-state index in [1.54, 1.807) is 19.1 Å². The number of amides is 1. The van der Waals surface area contributed by atoms with Gasteiger partial charge in [-0.3, -0.25) is 4.79 Å². The number of hydrogen-bond donors (Lipinski definition) is 2. The van der Waals surface area contributed by atoms with Crippen molar-refractivity contribution in [1.29, 1.82) is 5.26 Å². The Hall–Kier alpha value is -1.93. The number of nitrogens with two attached hydrogens (primary N) is 1. The van der Waals surface area contributed by atoms with Crippen molar-refractivity contribution in [3.8, 4) is 5.40 Å². The second-order valence-corrected chi connectivity index (χ2v) is 3.82. The van der Waals surface area contributed by atoms with Crippen LogP contribution in [0.5, 0.6) is 0 Å². The molecular formula is C11H11N3OS. The van der Waals surface area contributed by atoms with Crippen LogP contribution in [0.4, 0.5) is 5.69 Å². The third-order valence-electron chi connectivity index (χ3n) is 1.74. The lowest BCUT2D eigenvalue weighted by Gasteiger charge is -2.06. The number of thiocyanates is 1. The van der Waals surface area contributed by atoms with Gasteiger partial charge in [-0.25, -0.2) is 0 Å². The van der Waals surface area contributed by atoms with Gasteiger partial charge >= 0.3 is 0 Å². The largest absolute Gasteiger partial charge is 0.401 e. The van der Waals surface area contributed by atoms with Crippen molar-refractivity contribution < 1.29 is 4.79 Å². The van der Waals surface area contributed by atoms with Crippen molar-refractivity contribution in [2.24, 2.45) is 5.73 Å². The van der Waals surface area contributed by atoms with Gasteiger partial charge in [-0.2, -0.15) is 5.26 Å². The number of rotatable bonds is 3. The number of hydrogen-bond acceptors (Lipinski definition) is 4. The number of carbonyl (C=O) groups excluding carboxylic acids is 1. The summed E-state index contributed by atoms with van der Waals surface area (Å²) >= 11 is 0.760. The molecule has 0 radical (unpaired) electrons. The second-order valence-electron chi connectivity index (χ2n) is 3.03. The van der Waals surface area contributed by atoms with Gasteiger partial charge in [0.2, 0.25) is 0 Å². The van der Waals surface area contributed by atoms with Crippen LogP contribution in [-0.2, 0) is 4.79 Å². The van der Waals surface area contributed by atoms with Crippen molar-refractivity contribution >= 4 is 23.4 Å². The van der Waals surface area contributed by atoms with Crippen molar-refractivity contribution in [2.75, 3.05) is 5.32 Å². The first-order valence-corrected chi connectivity index (χ1v) is 5.35. The van der Waals surface area contributed by atoms with Crippen LogP contribution in [0, 0.1) is 10.7 Å². The predicted molar refractivity (Wildman–Crippen MR) is 65.2 cm³/mol. The lowest BCUT2D eigenvalue weighted by atomic mass is 10.3. The van der Waals surface area contributed by atoms with Crippen molar-refractivity contribution in [3.05, 3.63) is 40.9 Å². The highest BCUT2D eigenvalue weighted by molar-refractivity contribution is 8.08. The SMILES string of the molecule is CC(N)=C(SC#N)C(=O)Nc1ccccc1. The molecule has 0 aromatic heterocycles. The summed E-state index contributed by atoms with van der Waals surface area (Å²) < 4.78 is 0. The Morgan fingerprint density at radius 2 is 2.06 bits per heavy atom. The molecule has 16 heavy (non-hydrogen) atoms. The molecule has 0 heterocycles. The summed E-state index contributed by atoms with van der Waals surface area (Å²) in [5.41, 5.74) is 6.53. The molecule has 0 aliphatic heterocycles. The fraction of sp³-hybridized carbons (Fsp3) is 0.0909. The van der Waals surface area contributed by atoms with E-state index in [-0.39, 0.29) is 10.8 Å². The van der Waals surface area contributed by atoms with Crippen molar-refractivity contribution in [3.63, 3.8) is 0 Å². The summed E-state index contributed by atoms with van der Waals surface area (Å²) in [6.45, 7) is 1.59. The van der Waals surface area contributed by atoms with Gasteiger partial charge in [-0.1, -0.05) is 18.2 Å². The molecule has 0 saturated heterocycles. The third-order valence-corrected chi connectivity index (χ3v) is 2.55. The lowest BCUT2D eigenvalue weighted by Crippen LogP contribution is -2.15. The zero-order valence-electron chi connectivity index (χ0n) is 8.73. The highest BCUT2D eigenvalue weighted by Gasteiger charge is 2.12. The number of anilines is 1. The molecule has 1 aromatic rings. The molecule has 0 saturated carbocycles. The van der Waals surface area contributed by atoms with Gasteiger partial charge in [-0.15, -0.1) is 0 Å². The molecule has 4 nitrogen and oxygen atoms in total. The summed E-state index contributed by atoms with van der Waals surface area (Å²) in [4.78, 5) is 12.0. The van der Waals surface area contributed by atoms with Crippen LogP contribution in [-0.4, -0.2) is 5.91 Å². The molecule has 3 N–H and O–H groups in total. The van der Waals surface area contributed by atoms with Gasteiger partial charge in [0, 0.05) is 11.4 Å². The first kappa shape index (κ1) is 12.1. The quantitative estimate of drug-likeness (QED) is 0.618. The number of thioether (sulfide) groups is 1. The molecule has 0 fully saturated rings. The van der Waals surface area contributed by atoms with Crippen LogP contribution in [0.3, 0.4) is 0 Å². The number of para-hydroxylation sites is 1. The standard InChI is InChI=1S/C11H11N3OS/c1-8(13)10(16-7-12)11(15)14-9-5-3-2-4-6-9/h2-6H,13H2,1H3,(H,14,15). The molecule has 0 aliphatic carbocycles. The topological polar surface area (TPSA) is 78.9 Å². The Balaban J connectivity index is 2.80. The molecule has 1 amide bonds. The van der Waals surface area contributed by atoms with Crippen molar-refractivity contribution in [2.45, 2.75) is 6.92 Å². The number of nitrogens with zero attached hydrogens (tertiary/aromatic N) is 1. The summed E-state index contributed by atoms with van der Waals surface area (Å²) in [7, 11) is 0. The zero-order chi connectivity index (χ0) is 12.0. The maximum atomic E-state index is 11.7. The number of benzene rings is 1. The van der Waals surface area contributed by atoms with Crippen LogP contribution in [0.2, 0.25) is 0 Å². The molecule has 5 heteroatoms. The average molecular weight is 233 g/mol.